The maximum absolute atomic E-state index is 10.1. The van der Waals surface area contributed by atoms with Gasteiger partial charge in [-0.1, -0.05) is 43.2 Å². The lowest BCUT2D eigenvalue weighted by Crippen LogP contribution is -2.31. The minimum atomic E-state index is -0.626. The third-order valence-corrected chi connectivity index (χ3v) is 2.83. The van der Waals surface area contributed by atoms with Gasteiger partial charge in [0.2, 0.25) is 0 Å². The van der Waals surface area contributed by atoms with Crippen LogP contribution in [0.2, 0.25) is 0 Å². The van der Waals surface area contributed by atoms with Crippen molar-refractivity contribution in [1.29, 1.82) is 0 Å². The van der Waals surface area contributed by atoms with Crippen LogP contribution in [0.5, 0.6) is 0 Å². The van der Waals surface area contributed by atoms with E-state index in [9.17, 15) is 5.11 Å². The summed E-state index contributed by atoms with van der Waals surface area (Å²) in [5.74, 6) is 0. The zero-order valence-corrected chi connectivity index (χ0v) is 10.9. The second-order valence-corrected chi connectivity index (χ2v) is 4.52. The molecule has 0 bridgehead atoms. The van der Waals surface area contributed by atoms with Gasteiger partial charge in [-0.05, 0) is 25.8 Å². The lowest BCUT2D eigenvalue weighted by Gasteiger charge is -2.23. The highest BCUT2D eigenvalue weighted by Crippen LogP contribution is 2.20. The smallest absolute Gasteiger partial charge is 0.106 e. The number of nitrogens with two attached hydrogens (primary N) is 1. The molecule has 0 radical (unpaired) electrons. The van der Waals surface area contributed by atoms with Gasteiger partial charge in [-0.3, -0.25) is 0 Å². The summed E-state index contributed by atoms with van der Waals surface area (Å²) in [5.41, 5.74) is 7.84. The molecule has 3 atom stereocenters. The molecule has 0 heterocycles. The van der Waals surface area contributed by atoms with Crippen molar-refractivity contribution in [3.05, 3.63) is 35.4 Å². The van der Waals surface area contributed by atoms with Crippen LogP contribution in [-0.4, -0.2) is 17.4 Å². The molecule has 0 aliphatic carbocycles. The van der Waals surface area contributed by atoms with Crippen LogP contribution in [0.25, 0.3) is 0 Å². The summed E-state index contributed by atoms with van der Waals surface area (Å²) in [6.45, 7) is 5.93. The van der Waals surface area contributed by atoms with Gasteiger partial charge in [-0.2, -0.15) is 0 Å². The van der Waals surface area contributed by atoms with E-state index in [1.165, 1.54) is 5.56 Å². The summed E-state index contributed by atoms with van der Waals surface area (Å²) in [4.78, 5) is 0. The fraction of sp³-hybridized carbons (Fsp3) is 0.571. The Morgan fingerprint density at radius 1 is 1.29 bits per heavy atom. The van der Waals surface area contributed by atoms with Crippen molar-refractivity contribution in [2.75, 3.05) is 0 Å². The van der Waals surface area contributed by atoms with E-state index >= 15 is 0 Å². The van der Waals surface area contributed by atoms with Crippen LogP contribution in [0.1, 0.15) is 43.9 Å². The summed E-state index contributed by atoms with van der Waals surface area (Å²) in [6.07, 6.45) is 0.576. The summed E-state index contributed by atoms with van der Waals surface area (Å²) in [7, 11) is 0. The minimum Gasteiger partial charge on any atom is -0.386 e. The second kappa shape index (κ2) is 6.74. The third kappa shape index (κ3) is 4.46. The molecule has 96 valence electrons. The number of ether oxygens (including phenoxy) is 1. The van der Waals surface area contributed by atoms with E-state index in [2.05, 4.69) is 6.92 Å². The Morgan fingerprint density at radius 3 is 2.41 bits per heavy atom. The molecule has 0 fully saturated rings. The zero-order valence-electron chi connectivity index (χ0n) is 10.9. The van der Waals surface area contributed by atoms with Crippen molar-refractivity contribution in [2.45, 2.75) is 52.0 Å². The molecule has 1 aromatic rings. The molecule has 3 N–H and O–H groups in total. The van der Waals surface area contributed by atoms with Gasteiger partial charge >= 0.3 is 0 Å². The summed E-state index contributed by atoms with van der Waals surface area (Å²) in [5, 5.41) is 10.1. The van der Waals surface area contributed by atoms with Crippen LogP contribution in [0.4, 0.5) is 0 Å². The predicted molar refractivity (Wildman–Crippen MR) is 69.6 cm³/mol. The van der Waals surface area contributed by atoms with Gasteiger partial charge in [0.15, 0.2) is 0 Å². The number of hydrogen-bond donors (Lipinski definition) is 2. The average molecular weight is 237 g/mol. The molecule has 1 aromatic carbocycles. The number of benzene rings is 1. The van der Waals surface area contributed by atoms with Crippen LogP contribution < -0.4 is 5.73 Å². The maximum Gasteiger partial charge on any atom is 0.106 e. The van der Waals surface area contributed by atoms with E-state index < -0.39 is 6.10 Å². The number of hydrogen-bond acceptors (Lipinski definition) is 3. The maximum atomic E-state index is 10.1. The molecule has 0 saturated carbocycles. The van der Waals surface area contributed by atoms with Gasteiger partial charge in [0, 0.05) is 0 Å². The first-order valence-electron chi connectivity index (χ1n) is 6.20. The van der Waals surface area contributed by atoms with Gasteiger partial charge in [-0.25, -0.2) is 0 Å². The summed E-state index contributed by atoms with van der Waals surface area (Å²) in [6, 6.07) is 7.81. The molecule has 3 unspecified atom stereocenters. The van der Waals surface area contributed by atoms with Crippen molar-refractivity contribution in [3.63, 3.8) is 0 Å². The number of aliphatic hydroxyl groups is 1. The van der Waals surface area contributed by atoms with Gasteiger partial charge in [0.1, 0.15) is 12.3 Å². The standard InChI is InChI=1S/C14H23NO2/c1-4-5-13(15)17-11(3)14(16)12-8-6-10(2)7-9-12/h6-9,11,13-14,16H,4-5,15H2,1-3H3. The first-order valence-corrected chi connectivity index (χ1v) is 6.20. The van der Waals surface area contributed by atoms with E-state index in [4.69, 9.17) is 10.5 Å². The van der Waals surface area contributed by atoms with Crippen molar-refractivity contribution < 1.29 is 9.84 Å². The minimum absolute atomic E-state index is 0.292. The highest BCUT2D eigenvalue weighted by atomic mass is 16.5. The first kappa shape index (κ1) is 14.2. The van der Waals surface area contributed by atoms with Gasteiger partial charge < -0.3 is 15.6 Å². The molecule has 1 rings (SSSR count). The molecule has 17 heavy (non-hydrogen) atoms. The first-order chi connectivity index (χ1) is 8.04. The monoisotopic (exact) mass is 237 g/mol. The normalized spacial score (nSPS) is 16.5. The third-order valence-electron chi connectivity index (χ3n) is 2.83. The van der Waals surface area contributed by atoms with Gasteiger partial charge in [-0.15, -0.1) is 0 Å². The highest BCUT2D eigenvalue weighted by Gasteiger charge is 2.19. The second-order valence-electron chi connectivity index (χ2n) is 4.52. The van der Waals surface area contributed by atoms with E-state index in [0.29, 0.717) is 0 Å². The molecule has 0 aliphatic rings. The zero-order chi connectivity index (χ0) is 12.8. The van der Waals surface area contributed by atoms with Gasteiger partial charge in [0.25, 0.3) is 0 Å². The van der Waals surface area contributed by atoms with Crippen molar-refractivity contribution in [3.8, 4) is 0 Å². The van der Waals surface area contributed by atoms with Crippen LogP contribution in [0.3, 0.4) is 0 Å². The lowest BCUT2D eigenvalue weighted by molar-refractivity contribution is -0.0692. The predicted octanol–water partition coefficient (Wildman–Crippen LogP) is 2.52. The van der Waals surface area contributed by atoms with E-state index in [0.717, 1.165) is 18.4 Å². The van der Waals surface area contributed by atoms with Crippen molar-refractivity contribution in [1.82, 2.24) is 0 Å². The SMILES string of the molecule is CCCC(N)OC(C)C(O)c1ccc(C)cc1. The molecule has 0 aromatic heterocycles. The Balaban J connectivity index is 2.56. The Morgan fingerprint density at radius 2 is 1.88 bits per heavy atom. The number of aryl methyl sites for hydroxylation is 1. The number of rotatable bonds is 6. The highest BCUT2D eigenvalue weighted by molar-refractivity contribution is 5.23. The molecule has 3 heteroatoms. The lowest BCUT2D eigenvalue weighted by atomic mass is 10.0. The molecule has 0 amide bonds. The molecule has 0 saturated heterocycles. The van der Waals surface area contributed by atoms with Crippen LogP contribution in [0, 0.1) is 6.92 Å². The van der Waals surface area contributed by atoms with Crippen molar-refractivity contribution >= 4 is 0 Å². The summed E-state index contributed by atoms with van der Waals surface area (Å²) >= 11 is 0. The Kier molecular flexibility index (Phi) is 5.62. The fourth-order valence-corrected chi connectivity index (χ4v) is 1.74. The molecule has 3 nitrogen and oxygen atoms in total. The molecular formula is C14H23NO2. The summed E-state index contributed by atoms with van der Waals surface area (Å²) < 4.78 is 5.56. The Bertz CT molecular complexity index is 323. The van der Waals surface area contributed by atoms with Crippen LogP contribution in [0.15, 0.2) is 24.3 Å². The Hall–Kier alpha value is -0.900. The Labute approximate surface area is 104 Å². The fourth-order valence-electron chi connectivity index (χ4n) is 1.74. The largest absolute Gasteiger partial charge is 0.386 e. The quantitative estimate of drug-likeness (QED) is 0.747. The topological polar surface area (TPSA) is 55.5 Å². The molecular weight excluding hydrogens is 214 g/mol. The average Bonchev–Trinajstić information content (AvgIpc) is 2.29. The molecule has 0 aliphatic heterocycles. The van der Waals surface area contributed by atoms with E-state index in [1.807, 2.05) is 38.1 Å². The van der Waals surface area contributed by atoms with Crippen LogP contribution in [-0.2, 0) is 4.74 Å². The molecule has 0 spiro atoms. The van der Waals surface area contributed by atoms with Gasteiger partial charge in [0.05, 0.1) is 6.10 Å². The van der Waals surface area contributed by atoms with Crippen LogP contribution >= 0.6 is 0 Å². The van der Waals surface area contributed by atoms with E-state index in [-0.39, 0.29) is 12.3 Å². The van der Waals surface area contributed by atoms with Crippen molar-refractivity contribution in [2.24, 2.45) is 5.73 Å². The van der Waals surface area contributed by atoms with E-state index in [1.54, 1.807) is 0 Å². The number of aliphatic hydroxyl groups excluding tert-OH is 1.